The lowest BCUT2D eigenvalue weighted by molar-refractivity contribution is 0.442. The molecule has 0 saturated carbocycles. The maximum absolute atomic E-state index is 10.5. The molecule has 0 fully saturated rings. The van der Waals surface area contributed by atoms with Gasteiger partial charge in [0.2, 0.25) is 5.88 Å². The topological polar surface area (TPSA) is 50.4 Å². The molecule has 4 rings (SSSR count). The molecule has 0 aliphatic rings. The number of imidazole rings is 1. The van der Waals surface area contributed by atoms with Gasteiger partial charge in [-0.1, -0.05) is 60.7 Å². The molecule has 0 bridgehead atoms. The van der Waals surface area contributed by atoms with Crippen molar-refractivity contribution < 1.29 is 5.11 Å². The number of aromatic hydroxyl groups is 1. The largest absolute Gasteiger partial charge is 0.493 e. The molecular formula is C20H17N3O. The minimum Gasteiger partial charge on any atom is -0.493 e. The van der Waals surface area contributed by atoms with Gasteiger partial charge in [0.05, 0.1) is 5.69 Å². The fourth-order valence-corrected chi connectivity index (χ4v) is 2.89. The molecular weight excluding hydrogens is 298 g/mol. The first-order valence-electron chi connectivity index (χ1n) is 7.93. The molecule has 0 aliphatic carbocycles. The Morgan fingerprint density at radius 3 is 2.00 bits per heavy atom. The molecule has 0 unspecified atom stereocenters. The zero-order valence-electron chi connectivity index (χ0n) is 13.1. The number of nitrogens with zero attached hydrogens (tertiary/aromatic N) is 3. The summed E-state index contributed by atoms with van der Waals surface area (Å²) in [6, 6.07) is 20.2. The molecule has 24 heavy (non-hydrogen) atoms. The number of fused-ring (bicyclic) bond motifs is 1. The van der Waals surface area contributed by atoms with Crippen molar-refractivity contribution in [2.24, 2.45) is 0 Å². The second kappa shape index (κ2) is 6.16. The predicted octanol–water partition coefficient (Wildman–Crippen LogP) is 3.62. The van der Waals surface area contributed by atoms with Crippen LogP contribution in [-0.4, -0.2) is 19.5 Å². The van der Waals surface area contributed by atoms with E-state index in [9.17, 15) is 5.11 Å². The smallest absolute Gasteiger partial charge is 0.219 e. The minimum atomic E-state index is 0.186. The van der Waals surface area contributed by atoms with Crippen molar-refractivity contribution in [3.05, 3.63) is 95.6 Å². The lowest BCUT2D eigenvalue weighted by atomic mass is 10.1. The van der Waals surface area contributed by atoms with E-state index in [1.54, 1.807) is 16.8 Å². The van der Waals surface area contributed by atoms with E-state index in [4.69, 9.17) is 0 Å². The van der Waals surface area contributed by atoms with E-state index >= 15 is 0 Å². The summed E-state index contributed by atoms with van der Waals surface area (Å²) in [5, 5.41) is 10.5. The van der Waals surface area contributed by atoms with Gasteiger partial charge in [-0.3, -0.25) is 9.38 Å². The first kappa shape index (κ1) is 14.5. The molecule has 1 N–H and O–H groups in total. The van der Waals surface area contributed by atoms with E-state index in [1.807, 2.05) is 48.5 Å². The van der Waals surface area contributed by atoms with Crippen molar-refractivity contribution in [1.29, 1.82) is 0 Å². The number of hydrogen-bond donors (Lipinski definition) is 1. The summed E-state index contributed by atoms with van der Waals surface area (Å²) in [5.41, 5.74) is 4.53. The second-order valence-electron chi connectivity index (χ2n) is 5.77. The van der Waals surface area contributed by atoms with Gasteiger partial charge >= 0.3 is 0 Å². The van der Waals surface area contributed by atoms with Crippen LogP contribution in [0.15, 0.2) is 73.1 Å². The SMILES string of the molecule is Oc1c(Cc2ccccc2)nc2c(Cc3ccccc3)nccn12. The van der Waals surface area contributed by atoms with E-state index in [1.165, 1.54) is 5.56 Å². The van der Waals surface area contributed by atoms with Crippen LogP contribution in [0.5, 0.6) is 5.88 Å². The predicted molar refractivity (Wildman–Crippen MR) is 93.1 cm³/mol. The van der Waals surface area contributed by atoms with Gasteiger partial charge in [0.15, 0.2) is 5.65 Å². The van der Waals surface area contributed by atoms with Crippen molar-refractivity contribution >= 4 is 5.65 Å². The lowest BCUT2D eigenvalue weighted by Crippen LogP contribution is -1.97. The summed E-state index contributed by atoms with van der Waals surface area (Å²) in [4.78, 5) is 9.12. The molecule has 0 atom stereocenters. The third-order valence-corrected chi connectivity index (χ3v) is 4.09. The molecule has 2 heterocycles. The molecule has 4 heteroatoms. The summed E-state index contributed by atoms with van der Waals surface area (Å²) in [5.74, 6) is 0.186. The molecule has 0 saturated heterocycles. The molecule has 0 spiro atoms. The fourth-order valence-electron chi connectivity index (χ4n) is 2.89. The molecule has 2 aromatic heterocycles. The van der Waals surface area contributed by atoms with Crippen LogP contribution in [0.3, 0.4) is 0 Å². The summed E-state index contributed by atoms with van der Waals surface area (Å²) >= 11 is 0. The maximum atomic E-state index is 10.5. The van der Waals surface area contributed by atoms with E-state index < -0.39 is 0 Å². The molecule has 4 nitrogen and oxygen atoms in total. The van der Waals surface area contributed by atoms with Gasteiger partial charge in [-0.2, -0.15) is 0 Å². The first-order valence-corrected chi connectivity index (χ1v) is 7.93. The van der Waals surface area contributed by atoms with Crippen molar-refractivity contribution in [2.45, 2.75) is 12.8 Å². The third-order valence-electron chi connectivity index (χ3n) is 4.09. The van der Waals surface area contributed by atoms with Gasteiger partial charge in [0.1, 0.15) is 5.69 Å². The van der Waals surface area contributed by atoms with Crippen LogP contribution in [-0.2, 0) is 12.8 Å². The zero-order chi connectivity index (χ0) is 16.4. The molecule has 118 valence electrons. The van der Waals surface area contributed by atoms with E-state index in [-0.39, 0.29) is 5.88 Å². The average Bonchev–Trinajstić information content (AvgIpc) is 2.94. The van der Waals surface area contributed by atoms with Crippen LogP contribution >= 0.6 is 0 Å². The average molecular weight is 315 g/mol. The Balaban J connectivity index is 1.73. The Morgan fingerprint density at radius 2 is 1.38 bits per heavy atom. The Labute approximate surface area is 140 Å². The summed E-state index contributed by atoms with van der Waals surface area (Å²) in [6.07, 6.45) is 4.74. The van der Waals surface area contributed by atoms with Crippen molar-refractivity contribution in [3.63, 3.8) is 0 Å². The number of rotatable bonds is 4. The van der Waals surface area contributed by atoms with Gasteiger partial charge in [-0.05, 0) is 11.1 Å². The minimum absolute atomic E-state index is 0.186. The number of hydrogen-bond acceptors (Lipinski definition) is 3. The van der Waals surface area contributed by atoms with Crippen LogP contribution in [0, 0.1) is 0 Å². The normalized spacial score (nSPS) is 11.0. The molecule has 0 radical (unpaired) electrons. The van der Waals surface area contributed by atoms with Crippen LogP contribution in [0.1, 0.15) is 22.5 Å². The van der Waals surface area contributed by atoms with Gasteiger partial charge < -0.3 is 5.11 Å². The van der Waals surface area contributed by atoms with Gasteiger partial charge in [-0.15, -0.1) is 0 Å². The molecule has 0 amide bonds. The Morgan fingerprint density at radius 1 is 0.792 bits per heavy atom. The summed E-state index contributed by atoms with van der Waals surface area (Å²) < 4.78 is 1.71. The lowest BCUT2D eigenvalue weighted by Gasteiger charge is -2.03. The van der Waals surface area contributed by atoms with E-state index in [0.717, 1.165) is 11.3 Å². The standard InChI is InChI=1S/C20H17N3O/c24-20-18(14-16-9-5-2-6-10-16)22-19-17(21-11-12-23(19)20)13-15-7-3-1-4-8-15/h1-12,24H,13-14H2. The second-order valence-corrected chi connectivity index (χ2v) is 5.77. The van der Waals surface area contributed by atoms with Crippen molar-refractivity contribution in [1.82, 2.24) is 14.4 Å². The Bertz CT molecular complexity index is 962. The highest BCUT2D eigenvalue weighted by atomic mass is 16.3. The summed E-state index contributed by atoms with van der Waals surface area (Å²) in [7, 11) is 0. The summed E-state index contributed by atoms with van der Waals surface area (Å²) in [6.45, 7) is 0. The maximum Gasteiger partial charge on any atom is 0.219 e. The highest BCUT2D eigenvalue weighted by Crippen LogP contribution is 2.24. The monoisotopic (exact) mass is 315 g/mol. The van der Waals surface area contributed by atoms with Crippen LogP contribution in [0.2, 0.25) is 0 Å². The van der Waals surface area contributed by atoms with Crippen LogP contribution in [0.25, 0.3) is 5.65 Å². The third kappa shape index (κ3) is 2.74. The van der Waals surface area contributed by atoms with E-state index in [2.05, 4.69) is 22.1 Å². The molecule has 4 aromatic rings. The fraction of sp³-hybridized carbons (Fsp3) is 0.100. The highest BCUT2D eigenvalue weighted by Gasteiger charge is 2.15. The molecule has 2 aromatic carbocycles. The highest BCUT2D eigenvalue weighted by molar-refractivity contribution is 5.51. The quantitative estimate of drug-likeness (QED) is 0.626. The zero-order valence-corrected chi connectivity index (χ0v) is 13.1. The van der Waals surface area contributed by atoms with Crippen LogP contribution < -0.4 is 0 Å². The number of aromatic nitrogens is 3. The van der Waals surface area contributed by atoms with E-state index in [0.29, 0.717) is 24.2 Å². The van der Waals surface area contributed by atoms with Crippen molar-refractivity contribution in [3.8, 4) is 5.88 Å². The van der Waals surface area contributed by atoms with Gasteiger partial charge in [-0.25, -0.2) is 4.98 Å². The Hall–Kier alpha value is -3.14. The van der Waals surface area contributed by atoms with Crippen LogP contribution in [0.4, 0.5) is 0 Å². The molecule has 0 aliphatic heterocycles. The van der Waals surface area contributed by atoms with Gasteiger partial charge in [0.25, 0.3) is 0 Å². The van der Waals surface area contributed by atoms with Gasteiger partial charge in [0, 0.05) is 25.2 Å². The Kier molecular flexibility index (Phi) is 3.71. The van der Waals surface area contributed by atoms with Crippen molar-refractivity contribution in [2.75, 3.05) is 0 Å². The first-order chi connectivity index (χ1) is 11.8. The number of benzene rings is 2.